The molecule has 1 heterocycles. The number of rotatable bonds is 5. The van der Waals surface area contributed by atoms with Gasteiger partial charge in [-0.2, -0.15) is 0 Å². The van der Waals surface area contributed by atoms with Gasteiger partial charge in [0, 0.05) is 19.0 Å². The Morgan fingerprint density at radius 3 is 2.60 bits per heavy atom. The topological polar surface area (TPSA) is 15.3 Å². The van der Waals surface area contributed by atoms with Crippen molar-refractivity contribution in [2.75, 3.05) is 26.2 Å². The van der Waals surface area contributed by atoms with E-state index in [1.54, 1.807) is 0 Å². The lowest BCUT2D eigenvalue weighted by Gasteiger charge is -2.32. The molecule has 1 N–H and O–H groups in total. The highest BCUT2D eigenvalue weighted by Crippen LogP contribution is 2.16. The van der Waals surface area contributed by atoms with E-state index < -0.39 is 0 Å². The van der Waals surface area contributed by atoms with Crippen LogP contribution < -0.4 is 5.32 Å². The molecule has 15 heavy (non-hydrogen) atoms. The van der Waals surface area contributed by atoms with Gasteiger partial charge in [-0.1, -0.05) is 13.8 Å². The summed E-state index contributed by atoms with van der Waals surface area (Å²) >= 11 is 0. The van der Waals surface area contributed by atoms with Crippen LogP contribution in [0.1, 0.15) is 33.1 Å². The average molecular weight is 208 g/mol. The van der Waals surface area contributed by atoms with Gasteiger partial charge in [0.1, 0.15) is 0 Å². The molecule has 0 atom stereocenters. The molecule has 2 nitrogen and oxygen atoms in total. The normalized spacial score (nSPS) is 19.3. The van der Waals surface area contributed by atoms with Crippen molar-refractivity contribution in [1.29, 1.82) is 0 Å². The van der Waals surface area contributed by atoms with Crippen LogP contribution >= 0.6 is 0 Å². The highest BCUT2D eigenvalue weighted by atomic mass is 15.1. The van der Waals surface area contributed by atoms with Crippen LogP contribution in [-0.4, -0.2) is 37.1 Å². The number of nitrogens with one attached hydrogen (secondary N) is 1. The summed E-state index contributed by atoms with van der Waals surface area (Å²) in [4.78, 5) is 2.49. The second-order valence-corrected chi connectivity index (χ2v) is 4.80. The average Bonchev–Trinajstić information content (AvgIpc) is 2.25. The van der Waals surface area contributed by atoms with Gasteiger partial charge in [-0.15, -0.1) is 12.3 Å². The number of hydrogen-bond acceptors (Lipinski definition) is 2. The van der Waals surface area contributed by atoms with Crippen molar-refractivity contribution in [3.8, 4) is 12.3 Å². The van der Waals surface area contributed by atoms with E-state index in [4.69, 9.17) is 6.42 Å². The Morgan fingerprint density at radius 2 is 2.07 bits per heavy atom. The summed E-state index contributed by atoms with van der Waals surface area (Å²) in [5.74, 6) is 3.58. The van der Waals surface area contributed by atoms with Gasteiger partial charge in [0.15, 0.2) is 0 Å². The number of terminal acetylenes is 1. The minimum atomic E-state index is 0.615. The van der Waals surface area contributed by atoms with E-state index in [1.807, 2.05) is 0 Å². The molecular weight excluding hydrogens is 184 g/mol. The Labute approximate surface area is 94.4 Å². The molecule has 0 aromatic heterocycles. The molecule has 86 valence electrons. The first-order chi connectivity index (χ1) is 7.22. The summed E-state index contributed by atoms with van der Waals surface area (Å²) in [7, 11) is 0. The van der Waals surface area contributed by atoms with Crippen molar-refractivity contribution in [3.63, 3.8) is 0 Å². The van der Waals surface area contributed by atoms with Crippen molar-refractivity contribution < 1.29 is 0 Å². The lowest BCUT2D eigenvalue weighted by molar-refractivity contribution is 0.184. The zero-order valence-electron chi connectivity index (χ0n) is 10.1. The van der Waals surface area contributed by atoms with Crippen LogP contribution in [0.2, 0.25) is 0 Å². The number of hydrogen-bond donors (Lipinski definition) is 1. The molecule has 1 rings (SSSR count). The fourth-order valence-electron chi connectivity index (χ4n) is 2.04. The van der Waals surface area contributed by atoms with E-state index in [1.165, 1.54) is 32.5 Å². The van der Waals surface area contributed by atoms with E-state index >= 15 is 0 Å². The van der Waals surface area contributed by atoms with Crippen molar-refractivity contribution in [2.24, 2.45) is 5.92 Å². The van der Waals surface area contributed by atoms with Gasteiger partial charge < -0.3 is 10.2 Å². The highest BCUT2D eigenvalue weighted by molar-refractivity contribution is 4.85. The molecule has 0 aromatic carbocycles. The van der Waals surface area contributed by atoms with Crippen LogP contribution in [0.5, 0.6) is 0 Å². The Balaban J connectivity index is 2.10. The molecular formula is C13H24N2. The number of nitrogens with zero attached hydrogens (tertiary/aromatic N) is 1. The summed E-state index contributed by atoms with van der Waals surface area (Å²) < 4.78 is 0. The molecule has 1 aliphatic rings. The summed E-state index contributed by atoms with van der Waals surface area (Å²) in [6, 6.07) is 0.615. The van der Waals surface area contributed by atoms with Gasteiger partial charge in [-0.3, -0.25) is 0 Å². The molecule has 0 bridgehead atoms. The lowest BCUT2D eigenvalue weighted by atomic mass is 9.96. The molecule has 0 aromatic rings. The van der Waals surface area contributed by atoms with E-state index in [9.17, 15) is 0 Å². The second-order valence-electron chi connectivity index (χ2n) is 4.80. The standard InChI is InChI=1S/C13H24N2/c1-4-5-8-15-9-6-13(7-10-15)11-14-12(2)3/h1,12-14H,5-11H2,2-3H3. The first-order valence-electron chi connectivity index (χ1n) is 6.11. The molecule has 1 fully saturated rings. The third kappa shape index (κ3) is 5.20. The Bertz CT molecular complexity index is 197. The third-order valence-electron chi connectivity index (χ3n) is 3.09. The number of likely N-dealkylation sites (tertiary alicyclic amines) is 1. The van der Waals surface area contributed by atoms with E-state index in [-0.39, 0.29) is 0 Å². The third-order valence-corrected chi connectivity index (χ3v) is 3.09. The first kappa shape index (κ1) is 12.5. The summed E-state index contributed by atoms with van der Waals surface area (Å²) in [5, 5.41) is 3.52. The molecule has 2 heteroatoms. The molecule has 0 spiro atoms. The van der Waals surface area contributed by atoms with Gasteiger partial charge >= 0.3 is 0 Å². The van der Waals surface area contributed by atoms with Crippen LogP contribution in [-0.2, 0) is 0 Å². The van der Waals surface area contributed by atoms with E-state index in [2.05, 4.69) is 30.0 Å². The fourth-order valence-corrected chi connectivity index (χ4v) is 2.04. The van der Waals surface area contributed by atoms with Crippen molar-refractivity contribution >= 4 is 0 Å². The largest absolute Gasteiger partial charge is 0.314 e. The van der Waals surface area contributed by atoms with Crippen LogP contribution in [0, 0.1) is 18.3 Å². The van der Waals surface area contributed by atoms with Crippen LogP contribution in [0.15, 0.2) is 0 Å². The van der Waals surface area contributed by atoms with E-state index in [0.29, 0.717) is 6.04 Å². The van der Waals surface area contributed by atoms with Crippen molar-refractivity contribution in [3.05, 3.63) is 0 Å². The quantitative estimate of drug-likeness (QED) is 0.692. The maximum absolute atomic E-state index is 5.27. The predicted octanol–water partition coefficient (Wildman–Crippen LogP) is 1.72. The lowest BCUT2D eigenvalue weighted by Crippen LogP contribution is -2.38. The van der Waals surface area contributed by atoms with Gasteiger partial charge in [-0.25, -0.2) is 0 Å². The van der Waals surface area contributed by atoms with Gasteiger partial charge in [0.05, 0.1) is 0 Å². The summed E-state index contributed by atoms with van der Waals surface area (Å²) in [6.45, 7) is 9.14. The molecule has 0 saturated carbocycles. The van der Waals surface area contributed by atoms with Crippen LogP contribution in [0.25, 0.3) is 0 Å². The SMILES string of the molecule is C#CCCN1CCC(CNC(C)C)CC1. The van der Waals surface area contributed by atoms with E-state index in [0.717, 1.165) is 18.9 Å². The minimum Gasteiger partial charge on any atom is -0.314 e. The molecule has 1 aliphatic heterocycles. The second kappa shape index (κ2) is 6.87. The van der Waals surface area contributed by atoms with Crippen molar-refractivity contribution in [2.45, 2.75) is 39.2 Å². The number of piperidine rings is 1. The maximum atomic E-state index is 5.27. The Hall–Kier alpha value is -0.520. The van der Waals surface area contributed by atoms with Crippen LogP contribution in [0.3, 0.4) is 0 Å². The molecule has 0 amide bonds. The first-order valence-corrected chi connectivity index (χ1v) is 6.11. The van der Waals surface area contributed by atoms with Gasteiger partial charge in [0.25, 0.3) is 0 Å². The zero-order chi connectivity index (χ0) is 11.1. The Kier molecular flexibility index (Phi) is 5.75. The molecule has 1 saturated heterocycles. The summed E-state index contributed by atoms with van der Waals surface area (Å²) in [6.07, 6.45) is 8.81. The maximum Gasteiger partial charge on any atom is 0.0214 e. The van der Waals surface area contributed by atoms with Gasteiger partial charge in [0.2, 0.25) is 0 Å². The van der Waals surface area contributed by atoms with Gasteiger partial charge in [-0.05, 0) is 38.4 Å². The zero-order valence-corrected chi connectivity index (χ0v) is 10.1. The fraction of sp³-hybridized carbons (Fsp3) is 0.846. The molecule has 0 unspecified atom stereocenters. The minimum absolute atomic E-state index is 0.615. The Morgan fingerprint density at radius 1 is 1.40 bits per heavy atom. The predicted molar refractivity (Wildman–Crippen MR) is 65.8 cm³/mol. The van der Waals surface area contributed by atoms with Crippen LogP contribution in [0.4, 0.5) is 0 Å². The smallest absolute Gasteiger partial charge is 0.0214 e. The van der Waals surface area contributed by atoms with Crippen molar-refractivity contribution in [1.82, 2.24) is 10.2 Å². The summed E-state index contributed by atoms with van der Waals surface area (Å²) in [5.41, 5.74) is 0. The highest BCUT2D eigenvalue weighted by Gasteiger charge is 2.18. The monoisotopic (exact) mass is 208 g/mol. The molecule has 0 radical (unpaired) electrons. The molecule has 0 aliphatic carbocycles.